The van der Waals surface area contributed by atoms with Crippen molar-refractivity contribution in [1.29, 1.82) is 0 Å². The molecule has 2 N–H and O–H groups in total. The predicted octanol–water partition coefficient (Wildman–Crippen LogP) is 1.51. The number of ether oxygens (including phenoxy) is 4. The van der Waals surface area contributed by atoms with Crippen LogP contribution in [0.1, 0.15) is 11.1 Å². The molecule has 0 fully saturated rings. The van der Waals surface area contributed by atoms with E-state index in [2.05, 4.69) is 0 Å². The van der Waals surface area contributed by atoms with Crippen LogP contribution in [0.3, 0.4) is 0 Å². The lowest BCUT2D eigenvalue weighted by Gasteiger charge is -2.11. The first-order valence-electron chi connectivity index (χ1n) is 6.84. The second-order valence-electron chi connectivity index (χ2n) is 4.37. The molecule has 0 unspecified atom stereocenters. The number of rotatable bonds is 11. The summed E-state index contributed by atoms with van der Waals surface area (Å²) in [6.45, 7) is 5.94. The molecule has 1 aromatic rings. The molecule has 0 heterocycles. The van der Waals surface area contributed by atoms with Crippen LogP contribution in [0, 0.1) is 6.92 Å². The average Bonchev–Trinajstić information content (AvgIpc) is 2.47. The molecule has 20 heavy (non-hydrogen) atoms. The summed E-state index contributed by atoms with van der Waals surface area (Å²) in [5.74, 6) is 0.868. The molecule has 0 spiro atoms. The van der Waals surface area contributed by atoms with Gasteiger partial charge in [0.15, 0.2) is 0 Å². The second kappa shape index (κ2) is 10.6. The highest BCUT2D eigenvalue weighted by Gasteiger charge is 2.01. The standard InChI is InChI=1S/C15H25NO4/c1-13-3-4-14(12-16)11-15(13)20-10-9-19-8-7-18-6-5-17-2/h3-4,11H,5-10,12,16H2,1-2H3. The minimum atomic E-state index is 0.520. The van der Waals surface area contributed by atoms with Gasteiger partial charge in [-0.25, -0.2) is 0 Å². The Bertz CT molecular complexity index is 371. The summed E-state index contributed by atoms with van der Waals surface area (Å²) in [7, 11) is 1.65. The van der Waals surface area contributed by atoms with Gasteiger partial charge in [0.25, 0.3) is 0 Å². The monoisotopic (exact) mass is 283 g/mol. The quantitative estimate of drug-likeness (QED) is 0.624. The van der Waals surface area contributed by atoms with E-state index in [0.29, 0.717) is 46.2 Å². The van der Waals surface area contributed by atoms with Crippen molar-refractivity contribution in [2.24, 2.45) is 5.73 Å². The number of methoxy groups -OCH3 is 1. The molecule has 1 rings (SSSR count). The highest BCUT2D eigenvalue weighted by Crippen LogP contribution is 2.19. The maximum Gasteiger partial charge on any atom is 0.122 e. The minimum absolute atomic E-state index is 0.520. The van der Waals surface area contributed by atoms with Crippen LogP contribution in [-0.4, -0.2) is 46.8 Å². The Labute approximate surface area is 121 Å². The molecule has 0 aromatic heterocycles. The zero-order chi connectivity index (χ0) is 14.6. The Kier molecular flexibility index (Phi) is 8.98. The molecule has 0 atom stereocenters. The van der Waals surface area contributed by atoms with Crippen LogP contribution < -0.4 is 10.5 Å². The van der Waals surface area contributed by atoms with E-state index in [4.69, 9.17) is 24.7 Å². The Morgan fingerprint density at radius 1 is 0.950 bits per heavy atom. The van der Waals surface area contributed by atoms with E-state index >= 15 is 0 Å². The van der Waals surface area contributed by atoms with E-state index in [-0.39, 0.29) is 0 Å². The van der Waals surface area contributed by atoms with Gasteiger partial charge in [0, 0.05) is 13.7 Å². The van der Waals surface area contributed by atoms with Gasteiger partial charge in [-0.1, -0.05) is 12.1 Å². The third kappa shape index (κ3) is 6.86. The Balaban J connectivity index is 2.09. The zero-order valence-electron chi connectivity index (χ0n) is 12.4. The molecule has 0 aliphatic heterocycles. The number of hydrogen-bond donors (Lipinski definition) is 1. The molecule has 0 saturated carbocycles. The van der Waals surface area contributed by atoms with Crippen molar-refractivity contribution in [2.75, 3.05) is 46.8 Å². The van der Waals surface area contributed by atoms with Crippen LogP contribution in [0.15, 0.2) is 18.2 Å². The van der Waals surface area contributed by atoms with Gasteiger partial charge in [-0.15, -0.1) is 0 Å². The van der Waals surface area contributed by atoms with Gasteiger partial charge in [-0.2, -0.15) is 0 Å². The van der Waals surface area contributed by atoms with E-state index in [9.17, 15) is 0 Å². The van der Waals surface area contributed by atoms with Crippen molar-refractivity contribution in [2.45, 2.75) is 13.5 Å². The maximum atomic E-state index is 5.68. The summed E-state index contributed by atoms with van der Waals surface area (Å²) < 4.78 is 21.3. The molecule has 5 heteroatoms. The fraction of sp³-hybridized carbons (Fsp3) is 0.600. The largest absolute Gasteiger partial charge is 0.491 e. The molecule has 0 saturated heterocycles. The highest BCUT2D eigenvalue weighted by molar-refractivity contribution is 5.36. The highest BCUT2D eigenvalue weighted by atomic mass is 16.6. The third-order valence-corrected chi connectivity index (χ3v) is 2.78. The lowest BCUT2D eigenvalue weighted by molar-refractivity contribution is 0.0179. The summed E-state index contributed by atoms with van der Waals surface area (Å²) in [6.07, 6.45) is 0. The summed E-state index contributed by atoms with van der Waals surface area (Å²) in [5, 5.41) is 0. The van der Waals surface area contributed by atoms with Crippen LogP contribution in [0.25, 0.3) is 0 Å². The Morgan fingerprint density at radius 3 is 2.25 bits per heavy atom. The molecule has 5 nitrogen and oxygen atoms in total. The van der Waals surface area contributed by atoms with Crippen LogP contribution in [0.5, 0.6) is 5.75 Å². The van der Waals surface area contributed by atoms with Crippen molar-refractivity contribution in [1.82, 2.24) is 0 Å². The summed E-state index contributed by atoms with van der Waals surface area (Å²) in [5.41, 5.74) is 7.78. The number of benzene rings is 1. The van der Waals surface area contributed by atoms with Crippen molar-refractivity contribution in [3.63, 3.8) is 0 Å². The Morgan fingerprint density at radius 2 is 1.60 bits per heavy atom. The molecule has 0 aliphatic rings. The first-order valence-corrected chi connectivity index (χ1v) is 6.84. The number of hydrogen-bond acceptors (Lipinski definition) is 5. The number of aryl methyl sites for hydroxylation is 1. The van der Waals surface area contributed by atoms with Crippen LogP contribution in [0.4, 0.5) is 0 Å². The molecule has 0 bridgehead atoms. The fourth-order valence-electron chi connectivity index (χ4n) is 1.60. The lowest BCUT2D eigenvalue weighted by atomic mass is 10.1. The smallest absolute Gasteiger partial charge is 0.122 e. The SMILES string of the molecule is COCCOCCOCCOc1cc(CN)ccc1C. The molecule has 0 aliphatic carbocycles. The molecule has 114 valence electrons. The van der Waals surface area contributed by atoms with E-state index in [1.165, 1.54) is 0 Å². The Hall–Kier alpha value is -1.14. The van der Waals surface area contributed by atoms with Gasteiger partial charge < -0.3 is 24.7 Å². The number of nitrogens with two attached hydrogens (primary N) is 1. The average molecular weight is 283 g/mol. The van der Waals surface area contributed by atoms with Crippen molar-refractivity contribution >= 4 is 0 Å². The van der Waals surface area contributed by atoms with E-state index in [1.807, 2.05) is 25.1 Å². The molecule has 0 radical (unpaired) electrons. The van der Waals surface area contributed by atoms with Crippen molar-refractivity contribution in [3.8, 4) is 5.75 Å². The van der Waals surface area contributed by atoms with Crippen LogP contribution in [0.2, 0.25) is 0 Å². The summed E-state index contributed by atoms with van der Waals surface area (Å²) >= 11 is 0. The van der Waals surface area contributed by atoms with E-state index < -0.39 is 0 Å². The van der Waals surface area contributed by atoms with E-state index in [0.717, 1.165) is 16.9 Å². The maximum absolute atomic E-state index is 5.68. The molecule has 1 aromatic carbocycles. The van der Waals surface area contributed by atoms with Gasteiger partial charge in [0.05, 0.1) is 33.0 Å². The van der Waals surface area contributed by atoms with E-state index in [1.54, 1.807) is 7.11 Å². The fourth-order valence-corrected chi connectivity index (χ4v) is 1.60. The van der Waals surface area contributed by atoms with Gasteiger partial charge in [-0.05, 0) is 24.1 Å². The first-order chi connectivity index (χ1) is 9.77. The second-order valence-corrected chi connectivity index (χ2v) is 4.37. The van der Waals surface area contributed by atoms with Gasteiger partial charge in [-0.3, -0.25) is 0 Å². The topological polar surface area (TPSA) is 62.9 Å². The van der Waals surface area contributed by atoms with Crippen molar-refractivity contribution in [3.05, 3.63) is 29.3 Å². The summed E-state index contributed by atoms with van der Waals surface area (Å²) in [4.78, 5) is 0. The lowest BCUT2D eigenvalue weighted by Crippen LogP contribution is -2.12. The molecular formula is C15H25NO4. The molecular weight excluding hydrogens is 258 g/mol. The third-order valence-electron chi connectivity index (χ3n) is 2.78. The summed E-state index contributed by atoms with van der Waals surface area (Å²) in [6, 6.07) is 6.00. The minimum Gasteiger partial charge on any atom is -0.491 e. The zero-order valence-corrected chi connectivity index (χ0v) is 12.4. The molecule has 0 amide bonds. The predicted molar refractivity (Wildman–Crippen MR) is 78.1 cm³/mol. The normalized spacial score (nSPS) is 10.8. The van der Waals surface area contributed by atoms with Crippen LogP contribution >= 0.6 is 0 Å². The van der Waals surface area contributed by atoms with Crippen LogP contribution in [-0.2, 0) is 20.8 Å². The van der Waals surface area contributed by atoms with Crippen molar-refractivity contribution < 1.29 is 18.9 Å². The van der Waals surface area contributed by atoms with Gasteiger partial charge in [0.1, 0.15) is 12.4 Å². The van der Waals surface area contributed by atoms with Gasteiger partial charge in [0.2, 0.25) is 0 Å². The first kappa shape index (κ1) is 16.9. The van der Waals surface area contributed by atoms with Gasteiger partial charge >= 0.3 is 0 Å².